The minimum atomic E-state index is -4.54. The quantitative estimate of drug-likeness (QED) is 0.911. The molecule has 0 fully saturated rings. The topological polar surface area (TPSA) is 79.7 Å². The Bertz CT molecular complexity index is 697. The van der Waals surface area contributed by atoms with Crippen LogP contribution in [0.25, 0.3) is 0 Å². The summed E-state index contributed by atoms with van der Waals surface area (Å²) in [6.45, 7) is 0.301. The molecule has 0 aliphatic heterocycles. The van der Waals surface area contributed by atoms with E-state index in [0.717, 1.165) is 17.7 Å². The van der Waals surface area contributed by atoms with Crippen LogP contribution in [0.3, 0.4) is 0 Å². The molecular weight excluding hydrogens is 283 g/mol. The second-order valence-corrected chi connectivity index (χ2v) is 4.40. The normalized spacial score (nSPS) is 11.2. The average molecular weight is 295 g/mol. The fourth-order valence-electron chi connectivity index (χ4n) is 1.82. The first-order valence-electron chi connectivity index (χ1n) is 5.94. The summed E-state index contributed by atoms with van der Waals surface area (Å²) in [5, 5.41) is 15.7. The van der Waals surface area contributed by atoms with Gasteiger partial charge in [0.2, 0.25) is 0 Å². The zero-order valence-corrected chi connectivity index (χ0v) is 11.1. The SMILES string of the molecule is Cn1ncc(CNc2ccc(C(F)(F)F)c(C#N)c2)c1N. The van der Waals surface area contributed by atoms with Crippen molar-refractivity contribution in [3.63, 3.8) is 0 Å². The van der Waals surface area contributed by atoms with Gasteiger partial charge in [0.25, 0.3) is 0 Å². The molecule has 0 unspecified atom stereocenters. The average Bonchev–Trinajstić information content (AvgIpc) is 2.75. The number of aryl methyl sites for hydroxylation is 1. The summed E-state index contributed by atoms with van der Waals surface area (Å²) in [5.41, 5.74) is 5.52. The van der Waals surface area contributed by atoms with Gasteiger partial charge in [0.05, 0.1) is 23.4 Å². The van der Waals surface area contributed by atoms with Crippen LogP contribution in [0.15, 0.2) is 24.4 Å². The highest BCUT2D eigenvalue weighted by molar-refractivity contribution is 5.54. The summed E-state index contributed by atoms with van der Waals surface area (Å²) in [5.74, 6) is 0.468. The second kappa shape index (κ2) is 5.36. The smallest absolute Gasteiger partial charge is 0.384 e. The number of benzene rings is 1. The second-order valence-electron chi connectivity index (χ2n) is 4.40. The molecule has 0 bridgehead atoms. The van der Waals surface area contributed by atoms with Crippen molar-refractivity contribution in [2.24, 2.45) is 7.05 Å². The largest absolute Gasteiger partial charge is 0.417 e. The van der Waals surface area contributed by atoms with Gasteiger partial charge in [-0.1, -0.05) is 0 Å². The Morgan fingerprint density at radius 3 is 2.67 bits per heavy atom. The number of nitrogens with two attached hydrogens (primary N) is 1. The first kappa shape index (κ1) is 14.7. The Balaban J connectivity index is 2.19. The summed E-state index contributed by atoms with van der Waals surface area (Å²) >= 11 is 0. The van der Waals surface area contributed by atoms with Crippen molar-refractivity contribution in [2.45, 2.75) is 12.7 Å². The van der Waals surface area contributed by atoms with Gasteiger partial charge in [-0.3, -0.25) is 4.68 Å². The molecule has 0 aliphatic rings. The molecule has 2 rings (SSSR count). The van der Waals surface area contributed by atoms with Crippen LogP contribution in [0.1, 0.15) is 16.7 Å². The van der Waals surface area contributed by atoms with Gasteiger partial charge in [-0.15, -0.1) is 0 Å². The first-order valence-corrected chi connectivity index (χ1v) is 5.94. The third-order valence-corrected chi connectivity index (χ3v) is 2.99. The van der Waals surface area contributed by atoms with E-state index < -0.39 is 17.3 Å². The molecule has 21 heavy (non-hydrogen) atoms. The molecule has 2 aromatic rings. The minimum absolute atomic E-state index is 0.301. The number of rotatable bonds is 3. The lowest BCUT2D eigenvalue weighted by molar-refractivity contribution is -0.137. The molecule has 5 nitrogen and oxygen atoms in total. The molecule has 1 aromatic carbocycles. The summed E-state index contributed by atoms with van der Waals surface area (Å²) in [4.78, 5) is 0. The van der Waals surface area contributed by atoms with Crippen molar-refractivity contribution < 1.29 is 13.2 Å². The maximum absolute atomic E-state index is 12.7. The van der Waals surface area contributed by atoms with Gasteiger partial charge in [0, 0.05) is 24.8 Å². The summed E-state index contributed by atoms with van der Waals surface area (Å²) in [7, 11) is 1.69. The van der Waals surface area contributed by atoms with Gasteiger partial charge in [0.1, 0.15) is 5.82 Å². The number of nitrogens with zero attached hydrogens (tertiary/aromatic N) is 3. The number of hydrogen-bond acceptors (Lipinski definition) is 4. The molecule has 0 atom stereocenters. The number of halogens is 3. The van der Waals surface area contributed by atoms with E-state index in [0.29, 0.717) is 18.1 Å². The Morgan fingerprint density at radius 2 is 2.14 bits per heavy atom. The van der Waals surface area contributed by atoms with Crippen LogP contribution < -0.4 is 11.1 Å². The van der Waals surface area contributed by atoms with Gasteiger partial charge >= 0.3 is 6.18 Å². The number of nitriles is 1. The number of nitrogens with one attached hydrogen (secondary N) is 1. The standard InChI is InChI=1S/C13H12F3N5/c1-21-12(18)9(7-20-21)6-19-10-2-3-11(13(14,15)16)8(4-10)5-17/h2-4,7,19H,6,18H2,1H3. The molecule has 0 radical (unpaired) electrons. The van der Waals surface area contributed by atoms with Crippen LogP contribution in [-0.2, 0) is 19.8 Å². The van der Waals surface area contributed by atoms with Gasteiger partial charge in [-0.2, -0.15) is 23.5 Å². The molecule has 1 aromatic heterocycles. The number of aromatic nitrogens is 2. The Labute approximate surface area is 118 Å². The fourth-order valence-corrected chi connectivity index (χ4v) is 1.82. The number of hydrogen-bond donors (Lipinski definition) is 2. The first-order chi connectivity index (χ1) is 9.82. The molecule has 0 aliphatic carbocycles. The highest BCUT2D eigenvalue weighted by Crippen LogP contribution is 2.33. The summed E-state index contributed by atoms with van der Waals surface area (Å²) < 4.78 is 39.5. The molecule has 8 heteroatoms. The molecule has 110 valence electrons. The summed E-state index contributed by atoms with van der Waals surface area (Å²) in [6.07, 6.45) is -2.98. The highest BCUT2D eigenvalue weighted by atomic mass is 19.4. The lowest BCUT2D eigenvalue weighted by Gasteiger charge is -2.11. The zero-order chi connectivity index (χ0) is 15.6. The minimum Gasteiger partial charge on any atom is -0.384 e. The Morgan fingerprint density at radius 1 is 1.43 bits per heavy atom. The van der Waals surface area contributed by atoms with E-state index in [9.17, 15) is 13.2 Å². The van der Waals surface area contributed by atoms with E-state index in [1.54, 1.807) is 19.3 Å². The number of anilines is 2. The molecular formula is C13H12F3N5. The van der Waals surface area contributed by atoms with Crippen LogP contribution in [0.4, 0.5) is 24.7 Å². The van der Waals surface area contributed by atoms with E-state index in [4.69, 9.17) is 11.0 Å². The van der Waals surface area contributed by atoms with Crippen LogP contribution in [0.5, 0.6) is 0 Å². The van der Waals surface area contributed by atoms with E-state index >= 15 is 0 Å². The monoisotopic (exact) mass is 295 g/mol. The fraction of sp³-hybridized carbons (Fsp3) is 0.231. The van der Waals surface area contributed by atoms with Gasteiger partial charge in [-0.05, 0) is 18.2 Å². The lowest BCUT2D eigenvalue weighted by Crippen LogP contribution is -2.09. The maximum Gasteiger partial charge on any atom is 0.417 e. The van der Waals surface area contributed by atoms with Crippen molar-refractivity contribution in [3.8, 4) is 6.07 Å². The highest BCUT2D eigenvalue weighted by Gasteiger charge is 2.33. The van der Waals surface area contributed by atoms with Gasteiger partial charge < -0.3 is 11.1 Å². The lowest BCUT2D eigenvalue weighted by atomic mass is 10.1. The van der Waals surface area contributed by atoms with Crippen LogP contribution in [0, 0.1) is 11.3 Å². The van der Waals surface area contributed by atoms with Crippen molar-refractivity contribution in [1.29, 1.82) is 5.26 Å². The zero-order valence-electron chi connectivity index (χ0n) is 11.1. The van der Waals surface area contributed by atoms with Crippen molar-refractivity contribution in [2.75, 3.05) is 11.1 Å². The Hall–Kier alpha value is -2.69. The molecule has 0 amide bonds. The third kappa shape index (κ3) is 3.08. The number of alkyl halides is 3. The van der Waals surface area contributed by atoms with E-state index in [1.165, 1.54) is 10.7 Å². The third-order valence-electron chi connectivity index (χ3n) is 2.99. The predicted octanol–water partition coefficient (Wildman–Crippen LogP) is 2.50. The van der Waals surface area contributed by atoms with Gasteiger partial charge in [-0.25, -0.2) is 0 Å². The maximum atomic E-state index is 12.7. The molecule has 0 saturated carbocycles. The van der Waals surface area contributed by atoms with Crippen LogP contribution in [0.2, 0.25) is 0 Å². The van der Waals surface area contributed by atoms with Crippen molar-refractivity contribution in [3.05, 3.63) is 41.1 Å². The molecule has 1 heterocycles. The molecule has 0 spiro atoms. The van der Waals surface area contributed by atoms with E-state index in [2.05, 4.69) is 10.4 Å². The summed E-state index contributed by atoms with van der Waals surface area (Å²) in [6, 6.07) is 4.87. The molecule has 0 saturated heterocycles. The van der Waals surface area contributed by atoms with Crippen LogP contribution in [-0.4, -0.2) is 9.78 Å². The Kier molecular flexibility index (Phi) is 3.76. The number of nitrogen functional groups attached to an aromatic ring is 1. The van der Waals surface area contributed by atoms with E-state index in [-0.39, 0.29) is 0 Å². The predicted molar refractivity (Wildman–Crippen MR) is 71.1 cm³/mol. The van der Waals surface area contributed by atoms with Crippen molar-refractivity contribution in [1.82, 2.24) is 9.78 Å². The van der Waals surface area contributed by atoms with Crippen molar-refractivity contribution >= 4 is 11.5 Å². The molecule has 3 N–H and O–H groups in total. The van der Waals surface area contributed by atoms with Gasteiger partial charge in [0.15, 0.2) is 0 Å². The van der Waals surface area contributed by atoms with E-state index in [1.807, 2.05) is 0 Å². The van der Waals surface area contributed by atoms with Crippen LogP contribution >= 0.6 is 0 Å².